The van der Waals surface area contributed by atoms with Crippen molar-refractivity contribution in [2.24, 2.45) is 0 Å². The lowest BCUT2D eigenvalue weighted by molar-refractivity contribution is -0.132. The van der Waals surface area contributed by atoms with Crippen LogP contribution in [-0.2, 0) is 17.9 Å². The van der Waals surface area contributed by atoms with E-state index in [0.29, 0.717) is 6.42 Å². The van der Waals surface area contributed by atoms with Crippen molar-refractivity contribution in [3.63, 3.8) is 0 Å². The molecule has 3 heterocycles. The summed E-state index contributed by atoms with van der Waals surface area (Å²) < 4.78 is 1.86. The molecule has 2 aromatic rings. The number of amides is 1. The van der Waals surface area contributed by atoms with Crippen molar-refractivity contribution in [1.82, 2.24) is 29.5 Å². The molecule has 7 nitrogen and oxygen atoms in total. The van der Waals surface area contributed by atoms with Crippen LogP contribution in [0.2, 0.25) is 0 Å². The van der Waals surface area contributed by atoms with Gasteiger partial charge in [-0.2, -0.15) is 5.10 Å². The Labute approximate surface area is 148 Å². The van der Waals surface area contributed by atoms with E-state index >= 15 is 0 Å². The van der Waals surface area contributed by atoms with E-state index in [9.17, 15) is 4.79 Å². The molecule has 0 saturated carbocycles. The average molecular weight is 342 g/mol. The molecule has 25 heavy (non-hydrogen) atoms. The summed E-state index contributed by atoms with van der Waals surface area (Å²) in [5.74, 6) is 0.966. The Bertz CT molecular complexity index is 685. The van der Waals surface area contributed by atoms with Crippen LogP contribution in [0.5, 0.6) is 0 Å². The Kier molecular flexibility index (Phi) is 5.75. The van der Waals surface area contributed by atoms with E-state index < -0.39 is 0 Å². The van der Waals surface area contributed by atoms with Crippen molar-refractivity contribution >= 4 is 5.91 Å². The highest BCUT2D eigenvalue weighted by Crippen LogP contribution is 2.30. The Morgan fingerprint density at radius 1 is 1.36 bits per heavy atom. The third-order valence-electron chi connectivity index (χ3n) is 4.42. The second-order valence-corrected chi connectivity index (χ2v) is 6.76. The fourth-order valence-corrected chi connectivity index (χ4v) is 3.29. The summed E-state index contributed by atoms with van der Waals surface area (Å²) >= 11 is 0. The number of aromatic nitrogens is 4. The van der Waals surface area contributed by atoms with E-state index in [2.05, 4.69) is 20.0 Å². The minimum Gasteiger partial charge on any atom is -0.332 e. The molecular weight excluding hydrogens is 316 g/mol. The minimum atomic E-state index is 0.0133. The largest absolute Gasteiger partial charge is 0.332 e. The summed E-state index contributed by atoms with van der Waals surface area (Å²) in [6.45, 7) is 2.35. The number of likely N-dealkylation sites (tertiary alicyclic amines) is 1. The highest BCUT2D eigenvalue weighted by Gasteiger charge is 2.31. The van der Waals surface area contributed by atoms with Gasteiger partial charge in [0.1, 0.15) is 0 Å². The molecule has 3 rings (SSSR count). The van der Waals surface area contributed by atoms with Crippen molar-refractivity contribution in [2.75, 3.05) is 20.6 Å². The molecule has 1 fully saturated rings. The summed E-state index contributed by atoms with van der Waals surface area (Å²) in [7, 11) is 4.04. The van der Waals surface area contributed by atoms with Crippen molar-refractivity contribution in [3.8, 4) is 0 Å². The first kappa shape index (κ1) is 17.5. The number of aryl methyl sites for hydroxylation is 1. The van der Waals surface area contributed by atoms with E-state index in [0.717, 1.165) is 50.4 Å². The Morgan fingerprint density at radius 2 is 2.24 bits per heavy atom. The normalized spacial score (nSPS) is 17.4. The molecule has 7 heteroatoms. The maximum absolute atomic E-state index is 12.7. The van der Waals surface area contributed by atoms with Crippen molar-refractivity contribution in [2.45, 2.75) is 44.8 Å². The summed E-state index contributed by atoms with van der Waals surface area (Å²) in [6, 6.07) is 3.85. The van der Waals surface area contributed by atoms with Gasteiger partial charge in [0, 0.05) is 44.6 Å². The fourth-order valence-electron chi connectivity index (χ4n) is 3.29. The lowest BCUT2D eigenvalue weighted by Gasteiger charge is -2.24. The molecule has 0 aromatic carbocycles. The topological polar surface area (TPSA) is 67.2 Å². The number of hydrogen-bond donors (Lipinski definition) is 0. The zero-order valence-electron chi connectivity index (χ0n) is 15.0. The first-order chi connectivity index (χ1) is 12.1. The van der Waals surface area contributed by atoms with E-state index in [4.69, 9.17) is 0 Å². The van der Waals surface area contributed by atoms with Crippen LogP contribution in [0.1, 0.15) is 43.2 Å². The number of carbonyl (C=O) groups is 1. The number of nitrogens with zero attached hydrogens (tertiary/aromatic N) is 6. The van der Waals surface area contributed by atoms with Gasteiger partial charge in [-0.25, -0.2) is 9.97 Å². The summed E-state index contributed by atoms with van der Waals surface area (Å²) in [5, 5.41) is 4.17. The highest BCUT2D eigenvalue weighted by atomic mass is 16.2. The van der Waals surface area contributed by atoms with E-state index in [1.165, 1.54) is 0 Å². The van der Waals surface area contributed by atoms with Gasteiger partial charge >= 0.3 is 0 Å². The van der Waals surface area contributed by atoms with Crippen LogP contribution in [0, 0.1) is 0 Å². The number of hydrogen-bond acceptors (Lipinski definition) is 5. The van der Waals surface area contributed by atoms with Gasteiger partial charge in [-0.15, -0.1) is 0 Å². The van der Waals surface area contributed by atoms with Gasteiger partial charge < -0.3 is 9.80 Å². The van der Waals surface area contributed by atoms with Crippen molar-refractivity contribution in [1.29, 1.82) is 0 Å². The van der Waals surface area contributed by atoms with Gasteiger partial charge in [0.2, 0.25) is 5.91 Å². The third kappa shape index (κ3) is 4.63. The second-order valence-electron chi connectivity index (χ2n) is 6.76. The van der Waals surface area contributed by atoms with Crippen molar-refractivity contribution < 1.29 is 4.79 Å². The van der Waals surface area contributed by atoms with Gasteiger partial charge in [0.15, 0.2) is 5.82 Å². The summed E-state index contributed by atoms with van der Waals surface area (Å²) in [6.07, 6.45) is 8.77. The van der Waals surface area contributed by atoms with Crippen molar-refractivity contribution in [3.05, 3.63) is 42.2 Å². The monoisotopic (exact) mass is 342 g/mol. The fraction of sp³-hybridized carbons (Fsp3) is 0.556. The molecule has 0 bridgehead atoms. The second kappa shape index (κ2) is 8.20. The smallest absolute Gasteiger partial charge is 0.223 e. The molecule has 1 aliphatic heterocycles. The maximum atomic E-state index is 12.7. The zero-order valence-corrected chi connectivity index (χ0v) is 15.0. The molecule has 0 N–H and O–H groups in total. The number of carbonyl (C=O) groups excluding carboxylic acids is 1. The van der Waals surface area contributed by atoms with Crippen LogP contribution in [0.4, 0.5) is 0 Å². The zero-order chi connectivity index (χ0) is 17.6. The summed E-state index contributed by atoms with van der Waals surface area (Å²) in [4.78, 5) is 25.8. The summed E-state index contributed by atoms with van der Waals surface area (Å²) in [5.41, 5.74) is 0.994. The minimum absolute atomic E-state index is 0.0133. The molecular formula is C18H26N6O. The van der Waals surface area contributed by atoms with Crippen LogP contribution in [-0.4, -0.2) is 56.1 Å². The van der Waals surface area contributed by atoms with Crippen LogP contribution in [0.15, 0.2) is 30.7 Å². The van der Waals surface area contributed by atoms with E-state index in [-0.39, 0.29) is 11.9 Å². The molecule has 0 unspecified atom stereocenters. The lowest BCUT2D eigenvalue weighted by atomic mass is 10.2. The molecule has 1 saturated heterocycles. The SMILES string of the molecule is CN(C)Cc1ccnc([C@@H]2CCCN2C(=O)CCCn2cccn2)n1. The lowest BCUT2D eigenvalue weighted by Crippen LogP contribution is -2.31. The quantitative estimate of drug-likeness (QED) is 0.768. The third-order valence-corrected chi connectivity index (χ3v) is 4.42. The standard InChI is InChI=1S/C18H26N6O/c1-22(2)14-15-8-10-19-18(21-15)16-6-3-13-24(16)17(25)7-4-11-23-12-5-9-20-23/h5,8-10,12,16H,3-4,6-7,11,13-14H2,1-2H3/t16-/m0/s1. The van der Waals surface area contributed by atoms with Gasteiger partial charge in [-0.3, -0.25) is 9.48 Å². The molecule has 1 atom stereocenters. The average Bonchev–Trinajstić information content (AvgIpc) is 3.26. The van der Waals surface area contributed by atoms with Gasteiger partial charge in [-0.1, -0.05) is 0 Å². The van der Waals surface area contributed by atoms with E-state index in [1.807, 2.05) is 42.0 Å². The van der Waals surface area contributed by atoms with Crippen LogP contribution in [0.3, 0.4) is 0 Å². The molecule has 134 valence electrons. The Morgan fingerprint density at radius 3 is 3.00 bits per heavy atom. The van der Waals surface area contributed by atoms with Crippen LogP contribution in [0.25, 0.3) is 0 Å². The predicted molar refractivity (Wildman–Crippen MR) is 94.6 cm³/mol. The van der Waals surface area contributed by atoms with Gasteiger partial charge in [0.25, 0.3) is 0 Å². The molecule has 0 radical (unpaired) electrons. The first-order valence-electron chi connectivity index (χ1n) is 8.87. The predicted octanol–water partition coefficient (Wildman–Crippen LogP) is 1.88. The molecule has 0 aliphatic carbocycles. The van der Waals surface area contributed by atoms with Crippen LogP contribution < -0.4 is 0 Å². The number of rotatable bonds is 7. The maximum Gasteiger partial charge on any atom is 0.223 e. The molecule has 1 amide bonds. The Balaban J connectivity index is 1.60. The Hall–Kier alpha value is -2.28. The van der Waals surface area contributed by atoms with E-state index in [1.54, 1.807) is 12.4 Å². The first-order valence-corrected chi connectivity index (χ1v) is 8.87. The van der Waals surface area contributed by atoms with Gasteiger partial charge in [-0.05, 0) is 45.5 Å². The van der Waals surface area contributed by atoms with Crippen LogP contribution >= 0.6 is 0 Å². The molecule has 1 aliphatic rings. The molecule has 0 spiro atoms. The van der Waals surface area contributed by atoms with Gasteiger partial charge in [0.05, 0.1) is 11.7 Å². The highest BCUT2D eigenvalue weighted by molar-refractivity contribution is 5.76. The molecule has 2 aromatic heterocycles.